The Morgan fingerprint density at radius 1 is 0.629 bits per heavy atom. The van der Waals surface area contributed by atoms with Crippen molar-refractivity contribution in [1.29, 1.82) is 0 Å². The maximum Gasteiger partial charge on any atom is 0.0517 e. The Morgan fingerprint density at radius 2 is 1.26 bits per heavy atom. The lowest BCUT2D eigenvalue weighted by Crippen LogP contribution is -2.54. The van der Waals surface area contributed by atoms with Gasteiger partial charge in [-0.25, -0.2) is 0 Å². The van der Waals surface area contributed by atoms with E-state index in [1.807, 2.05) is 0 Å². The van der Waals surface area contributed by atoms with Crippen LogP contribution < -0.4 is 4.90 Å². The Hall–Kier alpha value is -3.58. The number of hydrogen-bond donors (Lipinski definition) is 0. The number of anilines is 2. The Kier molecular flexibility index (Phi) is 4.42. The first-order chi connectivity index (χ1) is 17.1. The highest BCUT2D eigenvalue weighted by Crippen LogP contribution is 2.61. The largest absolute Gasteiger partial charge is 0.334 e. The quantitative estimate of drug-likeness (QED) is 0.241. The third-order valence-electron chi connectivity index (χ3n) is 9.18. The molecule has 5 aromatic carbocycles. The fraction of sp³-hybridized carbons (Fsp3) is 0.235. The molecule has 0 saturated heterocycles. The summed E-state index contributed by atoms with van der Waals surface area (Å²) in [6, 6.07) is 38.4. The van der Waals surface area contributed by atoms with Crippen molar-refractivity contribution in [2.45, 2.75) is 50.5 Å². The third-order valence-corrected chi connectivity index (χ3v) is 9.18. The number of benzene rings is 5. The second-order valence-electron chi connectivity index (χ2n) is 10.9. The molecule has 0 amide bonds. The minimum atomic E-state index is 0.0778. The molecule has 0 spiro atoms. The molecule has 1 aliphatic carbocycles. The molecule has 0 radical (unpaired) electrons. The van der Waals surface area contributed by atoms with E-state index in [0.717, 1.165) is 0 Å². The van der Waals surface area contributed by atoms with E-state index in [1.165, 1.54) is 75.3 Å². The monoisotopic (exact) mass is 453 g/mol. The van der Waals surface area contributed by atoms with E-state index >= 15 is 0 Å². The predicted molar refractivity (Wildman–Crippen MR) is 150 cm³/mol. The molecule has 7 rings (SSSR count). The zero-order valence-electron chi connectivity index (χ0n) is 20.6. The molecule has 1 saturated carbocycles. The molecule has 2 unspecified atom stereocenters. The van der Waals surface area contributed by atoms with Crippen molar-refractivity contribution in [3.63, 3.8) is 0 Å². The maximum atomic E-state index is 2.66. The smallest absolute Gasteiger partial charge is 0.0517 e. The Labute approximate surface area is 208 Å². The van der Waals surface area contributed by atoms with Gasteiger partial charge < -0.3 is 4.90 Å². The standard InChI is InChI=1S/C34H31N/c1-33-20-10-11-21-34(33,2)35(27-14-4-3-5-15-27)31-19-18-26(23-30(31)33)32-28-16-8-6-12-24(28)22-25-13-7-9-17-29(25)32/h3-9,12-19,22-23H,10-11,20-21H2,1-2H3. The van der Waals surface area contributed by atoms with E-state index in [4.69, 9.17) is 0 Å². The molecule has 1 heterocycles. The molecule has 0 N–H and O–H groups in total. The summed E-state index contributed by atoms with van der Waals surface area (Å²) in [4.78, 5) is 2.66. The highest BCUT2D eigenvalue weighted by Gasteiger charge is 2.57. The summed E-state index contributed by atoms with van der Waals surface area (Å²) in [5.41, 5.74) is 7.10. The van der Waals surface area contributed by atoms with Gasteiger partial charge in [0.25, 0.3) is 0 Å². The van der Waals surface area contributed by atoms with E-state index in [1.54, 1.807) is 0 Å². The molecule has 2 aliphatic rings. The first-order valence-corrected chi connectivity index (χ1v) is 13.0. The maximum absolute atomic E-state index is 2.66. The number of rotatable bonds is 2. The van der Waals surface area contributed by atoms with Gasteiger partial charge in [0.15, 0.2) is 0 Å². The topological polar surface area (TPSA) is 3.24 Å². The van der Waals surface area contributed by atoms with Crippen LogP contribution >= 0.6 is 0 Å². The second kappa shape index (κ2) is 7.46. The number of para-hydroxylation sites is 1. The molecule has 0 bridgehead atoms. The summed E-state index contributed by atoms with van der Waals surface area (Å²) >= 11 is 0. The van der Waals surface area contributed by atoms with Crippen LogP contribution in [0.1, 0.15) is 45.1 Å². The van der Waals surface area contributed by atoms with Gasteiger partial charge in [0, 0.05) is 16.8 Å². The minimum absolute atomic E-state index is 0.0778. The summed E-state index contributed by atoms with van der Waals surface area (Å²) in [5, 5.41) is 5.28. The van der Waals surface area contributed by atoms with Gasteiger partial charge >= 0.3 is 0 Å². The van der Waals surface area contributed by atoms with Crippen LogP contribution in [0.25, 0.3) is 32.7 Å². The Balaban J connectivity index is 1.52. The van der Waals surface area contributed by atoms with Crippen LogP contribution in [0.2, 0.25) is 0 Å². The van der Waals surface area contributed by atoms with Crippen LogP contribution in [-0.4, -0.2) is 5.54 Å². The Morgan fingerprint density at radius 3 is 1.97 bits per heavy atom. The van der Waals surface area contributed by atoms with E-state index in [9.17, 15) is 0 Å². The van der Waals surface area contributed by atoms with Gasteiger partial charge in [0.05, 0.1) is 5.54 Å². The number of nitrogens with zero attached hydrogens (tertiary/aromatic N) is 1. The molecule has 172 valence electrons. The fourth-order valence-electron chi connectivity index (χ4n) is 7.20. The number of hydrogen-bond acceptors (Lipinski definition) is 1. The lowest BCUT2D eigenvalue weighted by molar-refractivity contribution is 0.195. The molecular formula is C34H31N. The van der Waals surface area contributed by atoms with Crippen LogP contribution in [0.3, 0.4) is 0 Å². The van der Waals surface area contributed by atoms with Crippen molar-refractivity contribution >= 4 is 32.9 Å². The van der Waals surface area contributed by atoms with Gasteiger partial charge in [-0.15, -0.1) is 0 Å². The van der Waals surface area contributed by atoms with E-state index in [2.05, 4.69) is 122 Å². The molecule has 1 aliphatic heterocycles. The van der Waals surface area contributed by atoms with Gasteiger partial charge in [-0.2, -0.15) is 0 Å². The third kappa shape index (κ3) is 2.82. The van der Waals surface area contributed by atoms with Crippen molar-refractivity contribution in [3.05, 3.63) is 109 Å². The second-order valence-corrected chi connectivity index (χ2v) is 10.9. The lowest BCUT2D eigenvalue weighted by atomic mass is 9.61. The van der Waals surface area contributed by atoms with E-state index < -0.39 is 0 Å². The SMILES string of the molecule is CC12CCCCC1(C)N(c1ccccc1)c1ccc(-c3c4ccccc4cc4ccccc34)cc12. The molecular weight excluding hydrogens is 422 g/mol. The molecule has 1 nitrogen and oxygen atoms in total. The minimum Gasteiger partial charge on any atom is -0.334 e. The van der Waals surface area contributed by atoms with Crippen LogP contribution in [0, 0.1) is 0 Å². The van der Waals surface area contributed by atoms with Crippen LogP contribution in [0.15, 0.2) is 103 Å². The van der Waals surface area contributed by atoms with E-state index in [0.29, 0.717) is 0 Å². The first kappa shape index (κ1) is 20.8. The lowest BCUT2D eigenvalue weighted by Gasteiger charge is -2.50. The summed E-state index contributed by atoms with van der Waals surface area (Å²) in [6.45, 7) is 5.03. The molecule has 5 aromatic rings. The molecule has 0 aromatic heterocycles. The van der Waals surface area contributed by atoms with Crippen molar-refractivity contribution in [3.8, 4) is 11.1 Å². The van der Waals surface area contributed by atoms with Crippen molar-refractivity contribution in [2.24, 2.45) is 0 Å². The molecule has 2 atom stereocenters. The summed E-state index contributed by atoms with van der Waals surface area (Å²) in [7, 11) is 0. The van der Waals surface area contributed by atoms with Crippen LogP contribution in [0.5, 0.6) is 0 Å². The summed E-state index contributed by atoms with van der Waals surface area (Å²) in [5.74, 6) is 0. The van der Waals surface area contributed by atoms with Crippen molar-refractivity contribution < 1.29 is 0 Å². The van der Waals surface area contributed by atoms with Crippen LogP contribution in [-0.2, 0) is 5.41 Å². The molecule has 35 heavy (non-hydrogen) atoms. The predicted octanol–water partition coefficient (Wildman–Crippen LogP) is 9.40. The van der Waals surface area contributed by atoms with Crippen LogP contribution in [0.4, 0.5) is 11.4 Å². The highest BCUT2D eigenvalue weighted by atomic mass is 15.2. The van der Waals surface area contributed by atoms with Gasteiger partial charge in [0.2, 0.25) is 0 Å². The molecule has 1 fully saturated rings. The zero-order chi connectivity index (χ0) is 23.6. The Bertz CT molecular complexity index is 1530. The van der Waals surface area contributed by atoms with Crippen molar-refractivity contribution in [2.75, 3.05) is 4.90 Å². The van der Waals surface area contributed by atoms with Gasteiger partial charge in [-0.05, 0) is 88.3 Å². The van der Waals surface area contributed by atoms with E-state index in [-0.39, 0.29) is 11.0 Å². The molecule has 1 heteroatoms. The summed E-state index contributed by atoms with van der Waals surface area (Å²) < 4.78 is 0. The highest BCUT2D eigenvalue weighted by molar-refractivity contribution is 6.12. The first-order valence-electron chi connectivity index (χ1n) is 13.0. The van der Waals surface area contributed by atoms with Gasteiger partial charge in [-0.3, -0.25) is 0 Å². The van der Waals surface area contributed by atoms with Crippen molar-refractivity contribution in [1.82, 2.24) is 0 Å². The zero-order valence-corrected chi connectivity index (χ0v) is 20.6. The number of fused-ring (bicyclic) bond motifs is 5. The van der Waals surface area contributed by atoms with Gasteiger partial charge in [0.1, 0.15) is 0 Å². The normalized spacial score (nSPS) is 23.4. The average molecular weight is 454 g/mol. The summed E-state index contributed by atoms with van der Waals surface area (Å²) in [6.07, 6.45) is 5.05. The fourth-order valence-corrected chi connectivity index (χ4v) is 7.20. The average Bonchev–Trinajstić information content (AvgIpc) is 3.11. The van der Waals surface area contributed by atoms with Gasteiger partial charge in [-0.1, -0.05) is 92.6 Å².